The van der Waals surface area contributed by atoms with E-state index >= 15 is 0 Å². The Labute approximate surface area is 146 Å². The molecular weight excluding hydrogens is 327 g/mol. The molecule has 0 aromatic heterocycles. The van der Waals surface area contributed by atoms with Gasteiger partial charge in [-0.1, -0.05) is 30.3 Å². The van der Waals surface area contributed by atoms with Crippen LogP contribution in [0.25, 0.3) is 0 Å². The molecule has 0 amide bonds. The zero-order valence-corrected chi connectivity index (χ0v) is 14.4. The number of hydrogen-bond donors (Lipinski definition) is 2. The van der Waals surface area contributed by atoms with Gasteiger partial charge in [-0.25, -0.2) is 0 Å². The van der Waals surface area contributed by atoms with Crippen molar-refractivity contribution in [3.05, 3.63) is 48.0 Å². The fourth-order valence-corrected chi connectivity index (χ4v) is 5.11. The van der Waals surface area contributed by atoms with Gasteiger partial charge in [0.25, 0.3) is 1.43 Å². The molecule has 1 aliphatic heterocycles. The Balaban J connectivity index is 2.10. The first-order valence-corrected chi connectivity index (χ1v) is 9.10. The average Bonchev–Trinajstić information content (AvgIpc) is 2.72. The third-order valence-electron chi connectivity index (χ3n) is 3.97. The summed E-state index contributed by atoms with van der Waals surface area (Å²) in [4.78, 5) is 0. The molecule has 1 heterocycles. The summed E-state index contributed by atoms with van der Waals surface area (Å²) in [6.45, 7) is 0. The number of ether oxygens (including phenoxy) is 3. The van der Waals surface area contributed by atoms with Gasteiger partial charge in [0.15, 0.2) is 17.8 Å². The van der Waals surface area contributed by atoms with Crippen molar-refractivity contribution in [2.45, 2.75) is 18.3 Å². The van der Waals surface area contributed by atoms with Gasteiger partial charge in [-0.3, -0.25) is 0 Å². The number of hydrogen-bond acceptors (Lipinski definition) is 5. The topological polar surface area (TPSA) is 68.2 Å². The fourth-order valence-electron chi connectivity index (χ4n) is 2.76. The van der Waals surface area contributed by atoms with Crippen LogP contribution in [-0.2, 0) is 4.74 Å². The summed E-state index contributed by atoms with van der Waals surface area (Å²) in [6, 6.07) is 13.4. The highest BCUT2D eigenvalue weighted by atomic mass is 31.1. The molecule has 2 aromatic carbocycles. The molecule has 128 valence electrons. The van der Waals surface area contributed by atoms with Gasteiger partial charge < -0.3 is 24.4 Å². The lowest BCUT2D eigenvalue weighted by Gasteiger charge is -2.35. The number of benzene rings is 2. The van der Waals surface area contributed by atoms with E-state index in [4.69, 9.17) is 18.4 Å². The van der Waals surface area contributed by atoms with Crippen LogP contribution >= 0.6 is 7.92 Å². The Kier molecular flexibility index (Phi) is 4.15. The Morgan fingerprint density at radius 2 is 1.92 bits per heavy atom. The van der Waals surface area contributed by atoms with E-state index in [0.29, 0.717) is 17.8 Å². The molecule has 6 heteroatoms. The van der Waals surface area contributed by atoms with E-state index in [-0.39, 0.29) is 11.4 Å². The first-order chi connectivity index (χ1) is 13.1. The third kappa shape index (κ3) is 3.34. The van der Waals surface area contributed by atoms with E-state index < -0.39 is 20.6 Å². The summed E-state index contributed by atoms with van der Waals surface area (Å²) in [5, 5.41) is 10.4. The molecular formula is C18H21O5P. The number of rotatable bonds is 6. The van der Waals surface area contributed by atoms with E-state index in [9.17, 15) is 0 Å². The molecule has 4 atom stereocenters. The van der Waals surface area contributed by atoms with Crippen molar-refractivity contribution in [2.75, 3.05) is 20.6 Å². The highest BCUT2D eigenvalue weighted by Crippen LogP contribution is 2.57. The van der Waals surface area contributed by atoms with Gasteiger partial charge >= 0.3 is 0 Å². The largest absolute Gasteiger partial charge is 0.502 e. The standard InChI is InChI=1S/C18H21O5P/c1-21-14-8-12(9-15(22-2)18(14)20)16-10-17(19)23-11-24(16)13-6-4-3-5-7-13/h3-9,16-17,19-20H,10-11H2,1-2H3/t16-,17-,24+/m0/s1/i10D,19D/hD/t10-,16+,17+,24-/m1. The van der Waals surface area contributed by atoms with Gasteiger partial charge in [0.05, 0.1) is 20.6 Å². The fraction of sp³-hybridized carbons (Fsp3) is 0.333. The van der Waals surface area contributed by atoms with Crippen LogP contribution in [0.5, 0.6) is 17.2 Å². The highest BCUT2D eigenvalue weighted by molar-refractivity contribution is 7.65. The molecule has 0 radical (unpaired) electrons. The maximum Gasteiger partial charge on any atom is 0.293 e. The van der Waals surface area contributed by atoms with Crippen LogP contribution in [-0.4, -0.2) is 39.9 Å². The van der Waals surface area contributed by atoms with E-state index in [2.05, 4.69) is 10.2 Å². The second-order valence-electron chi connectivity index (χ2n) is 5.36. The van der Waals surface area contributed by atoms with E-state index in [1.165, 1.54) is 14.2 Å². The smallest absolute Gasteiger partial charge is 0.293 e. The summed E-state index contributed by atoms with van der Waals surface area (Å²) in [5.41, 5.74) is 0.527. The normalized spacial score (nSPS) is 28.3. The number of phenolic OH excluding ortho intramolecular Hbond substituents is 1. The van der Waals surface area contributed by atoms with Crippen molar-refractivity contribution >= 4 is 13.2 Å². The van der Waals surface area contributed by atoms with Crippen LogP contribution in [0.2, 0.25) is 0 Å². The maximum absolute atomic E-state index is 8.65. The number of methoxy groups -OCH3 is 2. The summed E-state index contributed by atoms with van der Waals surface area (Å²) < 4.78 is 39.5. The van der Waals surface area contributed by atoms with Gasteiger partial charge in [0.1, 0.15) is 0 Å². The molecule has 0 unspecified atom stereocenters. The Morgan fingerprint density at radius 3 is 2.50 bits per heavy atom. The number of aliphatic hydroxyl groups excluding tert-OH is 1. The predicted molar refractivity (Wildman–Crippen MR) is 93.5 cm³/mol. The average molecular weight is 351 g/mol. The summed E-state index contributed by atoms with van der Waals surface area (Å²) in [5.74, 6) is 0.878. The molecule has 0 bridgehead atoms. The summed E-state index contributed by atoms with van der Waals surface area (Å²) in [7, 11) is 2.07. The van der Waals surface area contributed by atoms with Crippen LogP contribution in [0, 0.1) is 0 Å². The Morgan fingerprint density at radius 1 is 1.21 bits per heavy atom. The molecule has 1 saturated heterocycles. The maximum atomic E-state index is 8.65. The van der Waals surface area contributed by atoms with Crippen molar-refractivity contribution in [3.8, 4) is 17.2 Å². The number of aliphatic hydroxyl groups is 1. The third-order valence-corrected chi connectivity index (χ3v) is 6.50. The van der Waals surface area contributed by atoms with Crippen LogP contribution in [0.3, 0.4) is 0 Å². The molecule has 2 aromatic rings. The molecule has 24 heavy (non-hydrogen) atoms. The lowest BCUT2D eigenvalue weighted by Crippen LogP contribution is -2.26. The van der Waals surface area contributed by atoms with Gasteiger partial charge in [-0.15, -0.1) is 0 Å². The van der Waals surface area contributed by atoms with E-state index in [1.807, 2.05) is 30.3 Å². The zero-order valence-electron chi connectivity index (χ0n) is 16.5. The molecule has 5 nitrogen and oxygen atoms in total. The van der Waals surface area contributed by atoms with Crippen molar-refractivity contribution in [2.24, 2.45) is 0 Å². The van der Waals surface area contributed by atoms with E-state index in [1.54, 1.807) is 12.1 Å². The minimum Gasteiger partial charge on any atom is -0.502 e. The van der Waals surface area contributed by atoms with E-state index in [0.717, 1.165) is 10.9 Å². The van der Waals surface area contributed by atoms with Crippen LogP contribution in [0.1, 0.15) is 19.0 Å². The number of phenols is 1. The minimum absolute atomic E-state index is 0.176. The second-order valence-corrected chi connectivity index (χ2v) is 7.63. The molecule has 0 saturated carbocycles. The SMILES string of the molecule is [2H]Oc1c(OC)cc([C@@H]2[C@@H]([2H])[C@@H](O[2H])OC[P@]2c2ccccc2)cc1OC. The van der Waals surface area contributed by atoms with Gasteiger partial charge in [-0.05, 0) is 30.9 Å². The van der Waals surface area contributed by atoms with Crippen molar-refractivity contribution in [1.29, 1.82) is 2.86 Å². The second kappa shape index (κ2) is 7.39. The Hall–Kier alpha value is -1.81. The highest BCUT2D eigenvalue weighted by Gasteiger charge is 2.33. The molecule has 3 rings (SSSR count). The first kappa shape index (κ1) is 13.5. The number of aromatic hydroxyl groups is 1. The molecule has 1 fully saturated rings. The molecule has 0 spiro atoms. The Bertz CT molecular complexity index is 739. The summed E-state index contributed by atoms with van der Waals surface area (Å²) >= 11 is 0. The lowest BCUT2D eigenvalue weighted by molar-refractivity contribution is -0.0928. The first-order valence-electron chi connectivity index (χ1n) is 8.90. The van der Waals surface area contributed by atoms with Crippen molar-refractivity contribution < 1.29 is 25.8 Å². The monoisotopic (exact) mass is 351 g/mol. The van der Waals surface area contributed by atoms with Gasteiger partial charge in [0, 0.05) is 13.4 Å². The minimum atomic E-state index is -0.943. The summed E-state index contributed by atoms with van der Waals surface area (Å²) in [6.07, 6.45) is -1.37. The molecule has 2 N–H and O–H groups in total. The van der Waals surface area contributed by atoms with Gasteiger partial charge in [0.2, 0.25) is 7.18 Å². The van der Waals surface area contributed by atoms with Crippen molar-refractivity contribution in [3.63, 3.8) is 0 Å². The molecule has 0 aliphatic carbocycles. The van der Waals surface area contributed by atoms with Crippen LogP contribution in [0.15, 0.2) is 42.5 Å². The quantitative estimate of drug-likeness (QED) is 0.783. The van der Waals surface area contributed by atoms with Crippen molar-refractivity contribution in [1.82, 2.24) is 0 Å². The van der Waals surface area contributed by atoms with Gasteiger partial charge in [-0.2, -0.15) is 0 Å². The van der Waals surface area contributed by atoms with Crippen LogP contribution < -0.4 is 14.8 Å². The van der Waals surface area contributed by atoms with Crippen LogP contribution in [0.4, 0.5) is 0 Å². The molecule has 1 aliphatic rings. The zero-order chi connectivity index (χ0) is 19.4. The predicted octanol–water partition coefficient (Wildman–Crippen LogP) is 2.95. The lowest BCUT2D eigenvalue weighted by atomic mass is 10.1.